The summed E-state index contributed by atoms with van der Waals surface area (Å²) in [6.45, 7) is 2.43. The normalized spacial score (nSPS) is 10.3. The van der Waals surface area contributed by atoms with Crippen LogP contribution in [0.2, 0.25) is 0 Å². The van der Waals surface area contributed by atoms with Gasteiger partial charge in [0.15, 0.2) is 0 Å². The highest BCUT2D eigenvalue weighted by Crippen LogP contribution is 2.14. The first-order chi connectivity index (χ1) is 8.13. The van der Waals surface area contributed by atoms with Crippen molar-refractivity contribution in [2.24, 2.45) is 0 Å². The van der Waals surface area contributed by atoms with Crippen molar-refractivity contribution in [3.63, 3.8) is 0 Å². The van der Waals surface area contributed by atoms with Crippen molar-refractivity contribution in [2.45, 2.75) is 13.5 Å². The lowest BCUT2D eigenvalue weighted by atomic mass is 10.2. The monoisotopic (exact) mass is 234 g/mol. The highest BCUT2D eigenvalue weighted by Gasteiger charge is 2.00. The third kappa shape index (κ3) is 3.24. The van der Waals surface area contributed by atoms with Crippen LogP contribution in [0.25, 0.3) is 0 Å². The molecule has 1 heterocycles. The number of aromatic nitrogens is 1. The maximum Gasteiger partial charge on any atom is 0.128 e. The van der Waals surface area contributed by atoms with Crippen LogP contribution in [-0.4, -0.2) is 4.98 Å². The van der Waals surface area contributed by atoms with Crippen LogP contribution in [0.15, 0.2) is 36.7 Å². The van der Waals surface area contributed by atoms with Gasteiger partial charge in [0.25, 0.3) is 0 Å². The maximum atomic E-state index is 12.9. The lowest BCUT2D eigenvalue weighted by Crippen LogP contribution is -2.01. The average molecular weight is 234 g/mol. The molecule has 0 aliphatic heterocycles. The minimum absolute atomic E-state index is 0.420. The Bertz CT molecular complexity index is 506. The molecule has 2 nitrogen and oxygen atoms in total. The number of anilines is 1. The van der Waals surface area contributed by atoms with E-state index < -0.39 is 11.6 Å². The summed E-state index contributed by atoms with van der Waals surface area (Å²) in [4.78, 5) is 4.04. The van der Waals surface area contributed by atoms with E-state index in [9.17, 15) is 8.78 Å². The van der Waals surface area contributed by atoms with Crippen LogP contribution >= 0.6 is 0 Å². The van der Waals surface area contributed by atoms with Gasteiger partial charge in [-0.15, -0.1) is 0 Å². The standard InChI is InChI=1S/C13H12F2N2/c1-9-2-10(7-16-6-9)8-17-13-4-11(14)3-12(15)5-13/h2-7,17H,8H2,1H3. The third-order valence-corrected chi connectivity index (χ3v) is 2.29. The van der Waals surface area contributed by atoms with E-state index >= 15 is 0 Å². The Labute approximate surface area is 98.3 Å². The van der Waals surface area contributed by atoms with Gasteiger partial charge in [0.05, 0.1) is 0 Å². The molecule has 2 aromatic rings. The number of pyridine rings is 1. The Morgan fingerprint density at radius 2 is 1.76 bits per heavy atom. The first-order valence-corrected chi connectivity index (χ1v) is 5.24. The molecular formula is C13H12F2N2. The summed E-state index contributed by atoms with van der Waals surface area (Å²) in [6.07, 6.45) is 3.47. The van der Waals surface area contributed by atoms with Crippen molar-refractivity contribution in [1.82, 2.24) is 4.98 Å². The zero-order valence-corrected chi connectivity index (χ0v) is 9.37. The molecule has 0 spiro atoms. The van der Waals surface area contributed by atoms with Crippen LogP contribution in [0, 0.1) is 18.6 Å². The molecule has 0 aliphatic rings. The molecule has 0 bridgehead atoms. The van der Waals surface area contributed by atoms with Crippen molar-refractivity contribution in [1.29, 1.82) is 0 Å². The van der Waals surface area contributed by atoms with E-state index in [-0.39, 0.29) is 0 Å². The van der Waals surface area contributed by atoms with Crippen LogP contribution in [-0.2, 0) is 6.54 Å². The van der Waals surface area contributed by atoms with Gasteiger partial charge in [-0.3, -0.25) is 4.98 Å². The van der Waals surface area contributed by atoms with Crippen molar-refractivity contribution >= 4 is 5.69 Å². The minimum Gasteiger partial charge on any atom is -0.381 e. The summed E-state index contributed by atoms with van der Waals surface area (Å²) in [5, 5.41) is 2.95. The molecule has 0 atom stereocenters. The second kappa shape index (κ2) is 4.91. The number of hydrogen-bond acceptors (Lipinski definition) is 2. The molecule has 0 unspecified atom stereocenters. The van der Waals surface area contributed by atoms with E-state index in [1.54, 1.807) is 12.4 Å². The number of nitrogens with zero attached hydrogens (tertiary/aromatic N) is 1. The van der Waals surface area contributed by atoms with E-state index in [2.05, 4.69) is 10.3 Å². The van der Waals surface area contributed by atoms with Crippen LogP contribution in [0.5, 0.6) is 0 Å². The summed E-state index contributed by atoms with van der Waals surface area (Å²) >= 11 is 0. The van der Waals surface area contributed by atoms with Gasteiger partial charge in [-0.2, -0.15) is 0 Å². The van der Waals surface area contributed by atoms with E-state index in [0.29, 0.717) is 12.2 Å². The second-order valence-electron chi connectivity index (χ2n) is 3.88. The molecule has 17 heavy (non-hydrogen) atoms. The Morgan fingerprint density at radius 3 is 2.41 bits per heavy atom. The van der Waals surface area contributed by atoms with Crippen molar-refractivity contribution in [3.8, 4) is 0 Å². The molecule has 0 fully saturated rings. The second-order valence-corrected chi connectivity index (χ2v) is 3.88. The molecular weight excluding hydrogens is 222 g/mol. The highest BCUT2D eigenvalue weighted by molar-refractivity contribution is 5.44. The molecule has 1 aromatic heterocycles. The van der Waals surface area contributed by atoms with Gasteiger partial charge in [-0.05, 0) is 30.2 Å². The first kappa shape index (κ1) is 11.5. The van der Waals surface area contributed by atoms with Gasteiger partial charge in [-0.1, -0.05) is 6.07 Å². The van der Waals surface area contributed by atoms with Gasteiger partial charge < -0.3 is 5.32 Å². The lowest BCUT2D eigenvalue weighted by Gasteiger charge is -2.07. The van der Waals surface area contributed by atoms with E-state index in [1.165, 1.54) is 12.1 Å². The minimum atomic E-state index is -0.588. The number of nitrogens with one attached hydrogen (secondary N) is 1. The molecule has 4 heteroatoms. The zero-order valence-electron chi connectivity index (χ0n) is 9.37. The molecule has 0 aliphatic carbocycles. The van der Waals surface area contributed by atoms with Gasteiger partial charge in [-0.25, -0.2) is 8.78 Å². The lowest BCUT2D eigenvalue weighted by molar-refractivity contribution is 0.584. The summed E-state index contributed by atoms with van der Waals surface area (Å²) in [5.74, 6) is -1.18. The fourth-order valence-electron chi connectivity index (χ4n) is 1.57. The van der Waals surface area contributed by atoms with Crippen molar-refractivity contribution in [3.05, 3.63) is 59.4 Å². The number of halogens is 2. The molecule has 1 N–H and O–H groups in total. The molecule has 0 radical (unpaired) electrons. The average Bonchev–Trinajstić information content (AvgIpc) is 2.25. The number of hydrogen-bond donors (Lipinski definition) is 1. The molecule has 0 saturated heterocycles. The topological polar surface area (TPSA) is 24.9 Å². The van der Waals surface area contributed by atoms with Crippen molar-refractivity contribution < 1.29 is 8.78 Å². The first-order valence-electron chi connectivity index (χ1n) is 5.24. The van der Waals surface area contributed by atoms with Crippen LogP contribution in [0.3, 0.4) is 0 Å². The molecule has 0 amide bonds. The van der Waals surface area contributed by atoms with Crippen molar-refractivity contribution in [2.75, 3.05) is 5.32 Å². The van der Waals surface area contributed by atoms with Crippen LogP contribution in [0.1, 0.15) is 11.1 Å². The Kier molecular flexibility index (Phi) is 3.32. The number of benzene rings is 1. The van der Waals surface area contributed by atoms with E-state index in [0.717, 1.165) is 17.2 Å². The van der Waals surface area contributed by atoms with E-state index in [4.69, 9.17) is 0 Å². The SMILES string of the molecule is Cc1cncc(CNc2cc(F)cc(F)c2)c1. The Hall–Kier alpha value is -1.97. The number of aryl methyl sites for hydroxylation is 1. The van der Waals surface area contributed by atoms with Crippen LogP contribution in [0.4, 0.5) is 14.5 Å². The third-order valence-electron chi connectivity index (χ3n) is 2.29. The van der Waals surface area contributed by atoms with Gasteiger partial charge in [0.1, 0.15) is 11.6 Å². The van der Waals surface area contributed by atoms with Gasteiger partial charge in [0.2, 0.25) is 0 Å². The zero-order chi connectivity index (χ0) is 12.3. The largest absolute Gasteiger partial charge is 0.381 e. The maximum absolute atomic E-state index is 12.9. The van der Waals surface area contributed by atoms with E-state index in [1.807, 2.05) is 13.0 Å². The fraction of sp³-hybridized carbons (Fsp3) is 0.154. The smallest absolute Gasteiger partial charge is 0.128 e. The van der Waals surface area contributed by atoms with Gasteiger partial charge in [0, 0.05) is 30.7 Å². The Balaban J connectivity index is 2.07. The molecule has 2 rings (SSSR count). The predicted molar refractivity (Wildman–Crippen MR) is 62.7 cm³/mol. The summed E-state index contributed by atoms with van der Waals surface area (Å²) in [5.41, 5.74) is 2.44. The quantitative estimate of drug-likeness (QED) is 0.881. The molecule has 88 valence electrons. The predicted octanol–water partition coefficient (Wildman–Crippen LogP) is 3.28. The molecule has 1 aromatic carbocycles. The highest BCUT2D eigenvalue weighted by atomic mass is 19.1. The van der Waals surface area contributed by atoms with Gasteiger partial charge >= 0.3 is 0 Å². The fourth-order valence-corrected chi connectivity index (χ4v) is 1.57. The summed E-state index contributed by atoms with van der Waals surface area (Å²) in [7, 11) is 0. The number of rotatable bonds is 3. The summed E-state index contributed by atoms with van der Waals surface area (Å²) < 4.78 is 25.9. The summed E-state index contributed by atoms with van der Waals surface area (Å²) in [6, 6.07) is 5.33. The molecule has 0 saturated carbocycles. The van der Waals surface area contributed by atoms with Crippen LogP contribution < -0.4 is 5.32 Å². The Morgan fingerprint density at radius 1 is 1.06 bits per heavy atom.